The van der Waals surface area contributed by atoms with Crippen molar-refractivity contribution in [1.82, 2.24) is 15.0 Å². The van der Waals surface area contributed by atoms with E-state index in [9.17, 15) is 0 Å². The summed E-state index contributed by atoms with van der Waals surface area (Å²) in [5.74, 6) is 1.82. The Bertz CT molecular complexity index is 3170. The summed E-state index contributed by atoms with van der Waals surface area (Å²) in [4.78, 5) is 15.5. The first kappa shape index (κ1) is 27.5. The van der Waals surface area contributed by atoms with Gasteiger partial charge in [-0.3, -0.25) is 0 Å². The average molecular weight is 656 g/mol. The number of aromatic nitrogens is 3. The molecule has 4 nitrogen and oxygen atoms in total. The molecule has 232 valence electrons. The van der Waals surface area contributed by atoms with Crippen molar-refractivity contribution in [3.63, 3.8) is 0 Å². The average Bonchev–Trinajstić information content (AvgIpc) is 3.75. The highest BCUT2D eigenvalue weighted by Crippen LogP contribution is 2.39. The van der Waals surface area contributed by atoms with Crippen LogP contribution in [0.5, 0.6) is 0 Å². The summed E-state index contributed by atoms with van der Waals surface area (Å²) in [7, 11) is 0. The van der Waals surface area contributed by atoms with E-state index in [2.05, 4.69) is 127 Å². The molecule has 0 spiro atoms. The number of nitrogens with zero attached hydrogens (tertiary/aromatic N) is 3. The van der Waals surface area contributed by atoms with Crippen LogP contribution in [0, 0.1) is 0 Å². The Balaban J connectivity index is 1.14. The maximum absolute atomic E-state index is 6.45. The zero-order valence-corrected chi connectivity index (χ0v) is 27.4. The summed E-state index contributed by atoms with van der Waals surface area (Å²) in [5.41, 5.74) is 4.33. The molecule has 0 aliphatic rings. The van der Waals surface area contributed by atoms with Gasteiger partial charge >= 0.3 is 0 Å². The third-order valence-electron chi connectivity index (χ3n) is 9.92. The van der Waals surface area contributed by atoms with Gasteiger partial charge in [0.25, 0.3) is 0 Å². The molecule has 0 saturated heterocycles. The molecule has 0 amide bonds. The molecule has 0 fully saturated rings. The predicted molar refractivity (Wildman–Crippen MR) is 209 cm³/mol. The van der Waals surface area contributed by atoms with E-state index in [-0.39, 0.29) is 0 Å². The molecule has 11 aromatic rings. The number of hydrogen-bond acceptors (Lipinski definition) is 5. The van der Waals surface area contributed by atoms with Gasteiger partial charge in [0.05, 0.1) is 5.56 Å². The maximum Gasteiger partial charge on any atom is 0.167 e. The maximum atomic E-state index is 6.45. The minimum atomic E-state index is 0.579. The molecular formula is C45H25N3OS. The largest absolute Gasteiger partial charge is 0.455 e. The van der Waals surface area contributed by atoms with Crippen LogP contribution in [0.15, 0.2) is 156 Å². The molecule has 0 radical (unpaired) electrons. The molecule has 3 heterocycles. The minimum Gasteiger partial charge on any atom is -0.455 e. The van der Waals surface area contributed by atoms with Crippen molar-refractivity contribution in [2.75, 3.05) is 0 Å². The van der Waals surface area contributed by atoms with E-state index >= 15 is 0 Å². The van der Waals surface area contributed by atoms with Crippen LogP contribution in [0.3, 0.4) is 0 Å². The van der Waals surface area contributed by atoms with E-state index in [1.54, 1.807) is 11.3 Å². The van der Waals surface area contributed by atoms with Gasteiger partial charge in [-0.05, 0) is 74.8 Å². The van der Waals surface area contributed by atoms with Crippen LogP contribution in [-0.4, -0.2) is 15.0 Å². The fraction of sp³-hybridized carbons (Fsp3) is 0. The van der Waals surface area contributed by atoms with Crippen molar-refractivity contribution in [2.24, 2.45) is 0 Å². The number of para-hydroxylation sites is 2. The summed E-state index contributed by atoms with van der Waals surface area (Å²) >= 11 is 1.81. The van der Waals surface area contributed by atoms with E-state index in [4.69, 9.17) is 19.4 Å². The summed E-state index contributed by atoms with van der Waals surface area (Å²) < 4.78 is 8.96. The highest BCUT2D eigenvalue weighted by Gasteiger charge is 2.19. The van der Waals surface area contributed by atoms with Gasteiger partial charge in [0, 0.05) is 42.1 Å². The molecule has 0 aliphatic carbocycles. The first-order valence-electron chi connectivity index (χ1n) is 16.7. The normalized spacial score (nSPS) is 12.0. The second kappa shape index (κ2) is 10.5. The zero-order valence-electron chi connectivity index (χ0n) is 26.6. The van der Waals surface area contributed by atoms with Crippen molar-refractivity contribution < 1.29 is 4.42 Å². The Hall–Kier alpha value is -6.43. The Morgan fingerprint density at radius 3 is 1.88 bits per heavy atom. The molecular weight excluding hydrogens is 631 g/mol. The second-order valence-corrected chi connectivity index (χ2v) is 13.9. The van der Waals surface area contributed by atoms with E-state index in [1.807, 2.05) is 24.3 Å². The predicted octanol–water partition coefficient (Wildman–Crippen LogP) is 12.6. The van der Waals surface area contributed by atoms with Crippen molar-refractivity contribution >= 4 is 85.8 Å². The fourth-order valence-corrected chi connectivity index (χ4v) is 8.60. The van der Waals surface area contributed by atoms with Crippen molar-refractivity contribution in [3.05, 3.63) is 152 Å². The van der Waals surface area contributed by atoms with E-state index in [0.717, 1.165) is 44.0 Å². The van der Waals surface area contributed by atoms with Crippen molar-refractivity contribution in [2.45, 2.75) is 0 Å². The number of furan rings is 1. The van der Waals surface area contributed by atoms with E-state index in [1.165, 1.54) is 47.1 Å². The molecule has 3 aromatic heterocycles. The Morgan fingerprint density at radius 1 is 0.380 bits per heavy atom. The van der Waals surface area contributed by atoms with Crippen LogP contribution in [-0.2, 0) is 0 Å². The number of hydrogen-bond donors (Lipinski definition) is 0. The molecule has 8 aromatic carbocycles. The van der Waals surface area contributed by atoms with Crippen LogP contribution in [0.2, 0.25) is 0 Å². The van der Waals surface area contributed by atoms with Gasteiger partial charge in [0.15, 0.2) is 17.5 Å². The number of thiophene rings is 1. The molecule has 5 heteroatoms. The molecule has 50 heavy (non-hydrogen) atoms. The van der Waals surface area contributed by atoms with Crippen molar-refractivity contribution in [1.29, 1.82) is 0 Å². The van der Waals surface area contributed by atoms with Crippen LogP contribution < -0.4 is 0 Å². The lowest BCUT2D eigenvalue weighted by Gasteiger charge is -2.11. The smallest absolute Gasteiger partial charge is 0.167 e. The summed E-state index contributed by atoms with van der Waals surface area (Å²) in [6.45, 7) is 0. The second-order valence-electron chi connectivity index (χ2n) is 12.8. The van der Waals surface area contributed by atoms with Gasteiger partial charge in [-0.1, -0.05) is 109 Å². The quantitative estimate of drug-likeness (QED) is 0.178. The van der Waals surface area contributed by atoms with Gasteiger partial charge in [0.2, 0.25) is 0 Å². The van der Waals surface area contributed by atoms with Crippen molar-refractivity contribution in [3.8, 4) is 34.2 Å². The van der Waals surface area contributed by atoms with Gasteiger partial charge in [-0.2, -0.15) is 0 Å². The zero-order chi connectivity index (χ0) is 32.8. The highest BCUT2D eigenvalue weighted by molar-refractivity contribution is 7.25. The summed E-state index contributed by atoms with van der Waals surface area (Å²) in [5, 5.41) is 11.9. The Labute approximate surface area is 289 Å². The molecule has 0 bridgehead atoms. The van der Waals surface area contributed by atoms with Crippen LogP contribution >= 0.6 is 11.3 Å². The monoisotopic (exact) mass is 655 g/mol. The van der Waals surface area contributed by atoms with Gasteiger partial charge in [0.1, 0.15) is 11.2 Å². The molecule has 0 atom stereocenters. The number of fused-ring (bicyclic) bond motifs is 11. The van der Waals surface area contributed by atoms with Crippen LogP contribution in [0.1, 0.15) is 0 Å². The van der Waals surface area contributed by atoms with E-state index in [0.29, 0.717) is 17.5 Å². The third-order valence-corrected chi connectivity index (χ3v) is 11.1. The lowest BCUT2D eigenvalue weighted by molar-refractivity contribution is 0.669. The minimum absolute atomic E-state index is 0.579. The molecule has 0 unspecified atom stereocenters. The Kier molecular flexibility index (Phi) is 5.80. The first-order chi connectivity index (χ1) is 24.7. The lowest BCUT2D eigenvalue weighted by atomic mass is 9.96. The molecule has 0 aliphatic heterocycles. The topological polar surface area (TPSA) is 51.8 Å². The number of benzene rings is 8. The summed E-state index contributed by atoms with van der Waals surface area (Å²) in [6.07, 6.45) is 0. The SMILES string of the molecule is c1ccc2c(c1)ccc1c3ccc(-c4nc(-c5ccc6sc7ccccc7c6c5)nc(-c5cccc6c5oc5ccccc56)n4)cc3ccc21. The third kappa shape index (κ3) is 4.14. The highest BCUT2D eigenvalue weighted by atomic mass is 32.1. The van der Waals surface area contributed by atoms with Crippen LogP contribution in [0.4, 0.5) is 0 Å². The molecule has 0 N–H and O–H groups in total. The van der Waals surface area contributed by atoms with Gasteiger partial charge in [-0.25, -0.2) is 15.0 Å². The van der Waals surface area contributed by atoms with Gasteiger partial charge < -0.3 is 4.42 Å². The number of rotatable bonds is 3. The Morgan fingerprint density at radius 2 is 1.00 bits per heavy atom. The first-order valence-corrected chi connectivity index (χ1v) is 17.5. The molecule has 11 rings (SSSR count). The van der Waals surface area contributed by atoms with E-state index < -0.39 is 0 Å². The fourth-order valence-electron chi connectivity index (χ4n) is 7.51. The van der Waals surface area contributed by atoms with Crippen LogP contribution in [0.25, 0.3) is 109 Å². The summed E-state index contributed by atoms with van der Waals surface area (Å²) in [6, 6.07) is 53.4. The standard InChI is InChI=1S/C45H25N3OS/c1-2-9-30-26(8-1)16-21-33-31-20-18-28(24-27(31)17-22-32(30)33)43-46-44(29-19-23-41-38(25-29)35-11-4-6-15-40(35)50-41)48-45(47-43)37-13-7-12-36-34-10-3-5-14-39(34)49-42(36)37/h1-25H. The van der Waals surface area contributed by atoms with Gasteiger partial charge in [-0.15, -0.1) is 11.3 Å². The molecule has 0 saturated carbocycles. The lowest BCUT2D eigenvalue weighted by Crippen LogP contribution is -2.00.